The Morgan fingerprint density at radius 3 is 2.62 bits per heavy atom. The molecule has 4 heteroatoms. The van der Waals surface area contributed by atoms with Crippen LogP contribution in [0.4, 0.5) is 0 Å². The maximum atomic E-state index is 5.47. The molecular formula is C17H22N2OS. The van der Waals surface area contributed by atoms with Gasteiger partial charge >= 0.3 is 0 Å². The van der Waals surface area contributed by atoms with Gasteiger partial charge in [-0.05, 0) is 49.1 Å². The number of thioether (sulfide) groups is 1. The van der Waals surface area contributed by atoms with E-state index >= 15 is 0 Å². The SMILES string of the molecule is CCCNC(c1ccc(SC)cc1)c1ncccc1OC. The Labute approximate surface area is 131 Å². The molecule has 1 heterocycles. The summed E-state index contributed by atoms with van der Waals surface area (Å²) in [5.41, 5.74) is 2.14. The van der Waals surface area contributed by atoms with E-state index in [0.717, 1.165) is 24.4 Å². The molecule has 2 rings (SSSR count). The summed E-state index contributed by atoms with van der Waals surface area (Å²) in [7, 11) is 1.69. The summed E-state index contributed by atoms with van der Waals surface area (Å²) in [4.78, 5) is 5.79. The molecule has 1 unspecified atom stereocenters. The summed E-state index contributed by atoms with van der Waals surface area (Å²) < 4.78 is 5.47. The number of hydrogen-bond donors (Lipinski definition) is 1. The van der Waals surface area contributed by atoms with Crippen molar-refractivity contribution in [1.29, 1.82) is 0 Å². The highest BCUT2D eigenvalue weighted by atomic mass is 32.2. The smallest absolute Gasteiger partial charge is 0.142 e. The molecule has 1 N–H and O–H groups in total. The van der Waals surface area contributed by atoms with E-state index in [-0.39, 0.29) is 6.04 Å². The number of aromatic nitrogens is 1. The molecule has 0 saturated carbocycles. The van der Waals surface area contributed by atoms with Gasteiger partial charge in [-0.15, -0.1) is 11.8 Å². The Kier molecular flexibility index (Phi) is 6.08. The summed E-state index contributed by atoms with van der Waals surface area (Å²) in [6.45, 7) is 3.10. The quantitative estimate of drug-likeness (QED) is 0.787. The van der Waals surface area contributed by atoms with E-state index in [1.165, 1.54) is 10.5 Å². The van der Waals surface area contributed by atoms with Crippen LogP contribution in [0.2, 0.25) is 0 Å². The number of nitrogens with one attached hydrogen (secondary N) is 1. The zero-order chi connectivity index (χ0) is 15.1. The first-order valence-corrected chi connectivity index (χ1v) is 8.38. The molecule has 0 spiro atoms. The number of methoxy groups -OCH3 is 1. The summed E-state index contributed by atoms with van der Waals surface area (Å²) in [6, 6.07) is 12.5. The van der Waals surface area contributed by atoms with Crippen molar-refractivity contribution < 1.29 is 4.74 Å². The first-order valence-electron chi connectivity index (χ1n) is 7.16. The molecule has 1 aromatic carbocycles. The van der Waals surface area contributed by atoms with Crippen molar-refractivity contribution in [2.45, 2.75) is 24.3 Å². The third-order valence-corrected chi connectivity index (χ3v) is 4.08. The van der Waals surface area contributed by atoms with E-state index in [2.05, 4.69) is 47.7 Å². The van der Waals surface area contributed by atoms with Gasteiger partial charge in [0, 0.05) is 11.1 Å². The van der Waals surface area contributed by atoms with Crippen LogP contribution in [-0.4, -0.2) is 24.9 Å². The average Bonchev–Trinajstić information content (AvgIpc) is 2.56. The number of ether oxygens (including phenoxy) is 1. The minimum Gasteiger partial charge on any atom is -0.495 e. The van der Waals surface area contributed by atoms with Crippen molar-refractivity contribution in [3.05, 3.63) is 53.9 Å². The molecule has 0 aliphatic carbocycles. The van der Waals surface area contributed by atoms with Crippen LogP contribution in [0.3, 0.4) is 0 Å². The second kappa shape index (κ2) is 8.05. The molecule has 112 valence electrons. The lowest BCUT2D eigenvalue weighted by atomic mass is 10.0. The minimum atomic E-state index is 0.0528. The van der Waals surface area contributed by atoms with Gasteiger partial charge in [-0.3, -0.25) is 4.98 Å². The number of nitrogens with zero attached hydrogens (tertiary/aromatic N) is 1. The van der Waals surface area contributed by atoms with Crippen molar-refractivity contribution in [3.8, 4) is 5.75 Å². The monoisotopic (exact) mass is 302 g/mol. The Balaban J connectivity index is 2.36. The van der Waals surface area contributed by atoms with E-state index in [1.54, 1.807) is 18.9 Å². The number of hydrogen-bond acceptors (Lipinski definition) is 4. The third kappa shape index (κ3) is 3.99. The first kappa shape index (κ1) is 15.9. The van der Waals surface area contributed by atoms with Gasteiger partial charge in [0.2, 0.25) is 0 Å². The molecule has 0 aliphatic rings. The highest BCUT2D eigenvalue weighted by Crippen LogP contribution is 2.29. The molecule has 0 fully saturated rings. The average molecular weight is 302 g/mol. The molecular weight excluding hydrogens is 280 g/mol. The lowest BCUT2D eigenvalue weighted by Crippen LogP contribution is -2.24. The van der Waals surface area contributed by atoms with Crippen LogP contribution in [0, 0.1) is 0 Å². The number of rotatable bonds is 7. The predicted octanol–water partition coefficient (Wildman–Crippen LogP) is 3.90. The molecule has 0 amide bonds. The van der Waals surface area contributed by atoms with Gasteiger partial charge in [0.25, 0.3) is 0 Å². The van der Waals surface area contributed by atoms with Crippen molar-refractivity contribution in [1.82, 2.24) is 10.3 Å². The molecule has 2 aromatic rings. The molecule has 21 heavy (non-hydrogen) atoms. The largest absolute Gasteiger partial charge is 0.495 e. The Bertz CT molecular complexity index is 557. The van der Waals surface area contributed by atoms with E-state index < -0.39 is 0 Å². The Hall–Kier alpha value is -1.52. The highest BCUT2D eigenvalue weighted by molar-refractivity contribution is 7.98. The number of pyridine rings is 1. The van der Waals surface area contributed by atoms with Crippen LogP contribution < -0.4 is 10.1 Å². The van der Waals surface area contributed by atoms with Gasteiger partial charge in [-0.2, -0.15) is 0 Å². The van der Waals surface area contributed by atoms with E-state index in [1.807, 2.05) is 18.3 Å². The van der Waals surface area contributed by atoms with Crippen LogP contribution in [0.25, 0.3) is 0 Å². The zero-order valence-electron chi connectivity index (χ0n) is 12.8. The summed E-state index contributed by atoms with van der Waals surface area (Å²) in [6.07, 6.45) is 4.98. The summed E-state index contributed by atoms with van der Waals surface area (Å²) >= 11 is 1.75. The third-order valence-electron chi connectivity index (χ3n) is 3.34. The topological polar surface area (TPSA) is 34.2 Å². The van der Waals surface area contributed by atoms with Crippen LogP contribution in [-0.2, 0) is 0 Å². The van der Waals surface area contributed by atoms with Gasteiger partial charge in [0.15, 0.2) is 0 Å². The minimum absolute atomic E-state index is 0.0528. The second-order valence-corrected chi connectivity index (χ2v) is 5.63. The summed E-state index contributed by atoms with van der Waals surface area (Å²) in [5, 5.41) is 3.56. The molecule has 0 radical (unpaired) electrons. The molecule has 1 atom stereocenters. The van der Waals surface area contributed by atoms with Crippen molar-refractivity contribution in [3.63, 3.8) is 0 Å². The fourth-order valence-corrected chi connectivity index (χ4v) is 2.66. The van der Waals surface area contributed by atoms with E-state index in [9.17, 15) is 0 Å². The fraction of sp³-hybridized carbons (Fsp3) is 0.353. The Morgan fingerprint density at radius 2 is 2.00 bits per heavy atom. The van der Waals surface area contributed by atoms with Crippen molar-refractivity contribution >= 4 is 11.8 Å². The predicted molar refractivity (Wildman–Crippen MR) is 89.1 cm³/mol. The Morgan fingerprint density at radius 1 is 1.24 bits per heavy atom. The lowest BCUT2D eigenvalue weighted by molar-refractivity contribution is 0.399. The number of benzene rings is 1. The molecule has 1 aromatic heterocycles. The molecule has 3 nitrogen and oxygen atoms in total. The van der Waals surface area contributed by atoms with Gasteiger partial charge in [0.1, 0.15) is 11.4 Å². The van der Waals surface area contributed by atoms with Crippen LogP contribution in [0.15, 0.2) is 47.5 Å². The van der Waals surface area contributed by atoms with E-state index in [0.29, 0.717) is 0 Å². The standard InChI is InChI=1S/C17H22N2OS/c1-4-11-18-16(13-7-9-14(21-3)10-8-13)17-15(20-2)6-5-12-19-17/h5-10,12,16,18H,4,11H2,1-3H3. The van der Waals surface area contributed by atoms with Crippen LogP contribution >= 0.6 is 11.8 Å². The van der Waals surface area contributed by atoms with Gasteiger partial charge < -0.3 is 10.1 Å². The zero-order valence-corrected chi connectivity index (χ0v) is 13.6. The first-order chi connectivity index (χ1) is 10.3. The van der Waals surface area contributed by atoms with Gasteiger partial charge in [0.05, 0.1) is 13.2 Å². The van der Waals surface area contributed by atoms with Crippen molar-refractivity contribution in [2.75, 3.05) is 19.9 Å². The highest BCUT2D eigenvalue weighted by Gasteiger charge is 2.18. The fourth-order valence-electron chi connectivity index (χ4n) is 2.25. The maximum absolute atomic E-state index is 5.47. The lowest BCUT2D eigenvalue weighted by Gasteiger charge is -2.20. The van der Waals surface area contributed by atoms with Gasteiger partial charge in [-0.25, -0.2) is 0 Å². The van der Waals surface area contributed by atoms with Gasteiger partial charge in [-0.1, -0.05) is 19.1 Å². The van der Waals surface area contributed by atoms with Crippen molar-refractivity contribution in [2.24, 2.45) is 0 Å². The second-order valence-electron chi connectivity index (χ2n) is 4.75. The van der Waals surface area contributed by atoms with E-state index in [4.69, 9.17) is 4.74 Å². The maximum Gasteiger partial charge on any atom is 0.142 e. The van der Waals surface area contributed by atoms with Crippen LogP contribution in [0.5, 0.6) is 5.75 Å². The van der Waals surface area contributed by atoms with Crippen LogP contribution in [0.1, 0.15) is 30.6 Å². The molecule has 0 saturated heterocycles. The summed E-state index contributed by atoms with van der Waals surface area (Å²) in [5.74, 6) is 0.819. The normalized spacial score (nSPS) is 12.1. The molecule has 0 bridgehead atoms. The molecule has 0 aliphatic heterocycles.